The predicted octanol–water partition coefficient (Wildman–Crippen LogP) is 4.83. The molecule has 2 aromatic carbocycles. The zero-order valence-electron chi connectivity index (χ0n) is 14.9. The number of carbonyl (C=O) groups is 1. The van der Waals surface area contributed by atoms with Crippen molar-refractivity contribution in [1.82, 2.24) is 10.3 Å². The van der Waals surface area contributed by atoms with Crippen molar-refractivity contribution in [2.45, 2.75) is 38.1 Å². The first-order valence-corrected chi connectivity index (χ1v) is 9.46. The molecule has 4 rings (SSSR count). The summed E-state index contributed by atoms with van der Waals surface area (Å²) in [6.07, 6.45) is 5.97. The van der Waals surface area contributed by atoms with Gasteiger partial charge in [-0.15, -0.1) is 0 Å². The average molecular weight is 344 g/mol. The normalized spacial score (nSPS) is 20.0. The molecule has 1 fully saturated rings. The maximum absolute atomic E-state index is 12.5. The molecule has 1 aromatic heterocycles. The van der Waals surface area contributed by atoms with Gasteiger partial charge < -0.3 is 5.32 Å². The van der Waals surface area contributed by atoms with E-state index in [2.05, 4.69) is 34.6 Å². The van der Waals surface area contributed by atoms with Crippen molar-refractivity contribution in [3.63, 3.8) is 0 Å². The van der Waals surface area contributed by atoms with Crippen LogP contribution >= 0.6 is 0 Å². The molecule has 0 unspecified atom stereocenters. The van der Waals surface area contributed by atoms with E-state index in [0.717, 1.165) is 36.8 Å². The molecule has 1 N–H and O–H groups in total. The first-order valence-electron chi connectivity index (χ1n) is 9.46. The quantitative estimate of drug-likeness (QED) is 0.737. The van der Waals surface area contributed by atoms with E-state index >= 15 is 0 Å². The number of hydrogen-bond acceptors (Lipinski definition) is 2. The maximum atomic E-state index is 12.5. The highest BCUT2D eigenvalue weighted by Gasteiger charge is 2.27. The zero-order chi connectivity index (χ0) is 17.8. The number of aromatic nitrogens is 1. The molecule has 0 spiro atoms. The van der Waals surface area contributed by atoms with Crippen LogP contribution in [0.1, 0.15) is 42.7 Å². The summed E-state index contributed by atoms with van der Waals surface area (Å²) in [5, 5.41) is 4.36. The van der Waals surface area contributed by atoms with Crippen LogP contribution < -0.4 is 5.32 Å². The fourth-order valence-corrected chi connectivity index (χ4v) is 4.07. The highest BCUT2D eigenvalue weighted by molar-refractivity contribution is 5.82. The molecule has 0 aliphatic heterocycles. The van der Waals surface area contributed by atoms with Crippen molar-refractivity contribution in [3.8, 4) is 0 Å². The summed E-state index contributed by atoms with van der Waals surface area (Å²) in [5.41, 5.74) is 3.60. The molecule has 26 heavy (non-hydrogen) atoms. The van der Waals surface area contributed by atoms with Gasteiger partial charge in [0.1, 0.15) is 0 Å². The molecule has 1 amide bonds. The summed E-state index contributed by atoms with van der Waals surface area (Å²) in [4.78, 5) is 17.0. The Morgan fingerprint density at radius 2 is 1.65 bits per heavy atom. The van der Waals surface area contributed by atoms with Gasteiger partial charge >= 0.3 is 0 Å². The van der Waals surface area contributed by atoms with Crippen molar-refractivity contribution >= 4 is 16.8 Å². The smallest absolute Gasteiger partial charge is 0.223 e. The average Bonchev–Trinajstić information content (AvgIpc) is 2.72. The molecule has 3 aromatic rings. The highest BCUT2D eigenvalue weighted by Crippen LogP contribution is 2.38. The van der Waals surface area contributed by atoms with Crippen LogP contribution in [0.4, 0.5) is 0 Å². The first-order chi connectivity index (χ1) is 12.8. The SMILES string of the molecule is O=C(NCc1ccccc1)[C@H]1CC[C@@H](c2ccnc3ccccc32)CC1. The van der Waals surface area contributed by atoms with E-state index in [-0.39, 0.29) is 11.8 Å². The zero-order valence-corrected chi connectivity index (χ0v) is 14.9. The summed E-state index contributed by atoms with van der Waals surface area (Å²) >= 11 is 0. The number of benzene rings is 2. The Kier molecular flexibility index (Phi) is 4.96. The van der Waals surface area contributed by atoms with E-state index in [9.17, 15) is 4.79 Å². The standard InChI is InChI=1S/C23H24N2O/c26-23(25-16-17-6-2-1-3-7-17)19-12-10-18(11-13-19)20-14-15-24-22-9-5-4-8-21(20)22/h1-9,14-15,18-19H,10-13,16H2,(H,25,26)/t18-,19+. The summed E-state index contributed by atoms with van der Waals surface area (Å²) in [7, 11) is 0. The third-order valence-electron chi connectivity index (χ3n) is 5.53. The Morgan fingerprint density at radius 1 is 0.923 bits per heavy atom. The number of nitrogens with one attached hydrogen (secondary N) is 1. The molecule has 0 bridgehead atoms. The fraction of sp³-hybridized carbons (Fsp3) is 0.304. The molecule has 1 heterocycles. The summed E-state index contributed by atoms with van der Waals surface area (Å²) < 4.78 is 0. The van der Waals surface area contributed by atoms with E-state index < -0.39 is 0 Å². The predicted molar refractivity (Wildman–Crippen MR) is 105 cm³/mol. The van der Waals surface area contributed by atoms with Gasteiger partial charge in [-0.25, -0.2) is 0 Å². The number of hydrogen-bond donors (Lipinski definition) is 1. The van der Waals surface area contributed by atoms with Gasteiger partial charge in [0.2, 0.25) is 5.91 Å². The number of pyridine rings is 1. The lowest BCUT2D eigenvalue weighted by molar-refractivity contribution is -0.126. The van der Waals surface area contributed by atoms with Crippen LogP contribution in [0, 0.1) is 5.92 Å². The second-order valence-corrected chi connectivity index (χ2v) is 7.17. The molecule has 0 radical (unpaired) electrons. The van der Waals surface area contributed by atoms with Crippen molar-refractivity contribution in [2.24, 2.45) is 5.92 Å². The van der Waals surface area contributed by atoms with Crippen LogP contribution in [0.2, 0.25) is 0 Å². The molecule has 1 aliphatic rings. The molecule has 0 saturated heterocycles. The molecular formula is C23H24N2O. The topological polar surface area (TPSA) is 42.0 Å². The van der Waals surface area contributed by atoms with Gasteiger partial charge in [0.15, 0.2) is 0 Å². The van der Waals surface area contributed by atoms with Crippen LogP contribution in [0.15, 0.2) is 66.9 Å². The van der Waals surface area contributed by atoms with Gasteiger partial charge in [-0.2, -0.15) is 0 Å². The fourth-order valence-electron chi connectivity index (χ4n) is 4.07. The van der Waals surface area contributed by atoms with Crippen LogP contribution in [-0.2, 0) is 11.3 Å². The lowest BCUT2D eigenvalue weighted by Gasteiger charge is -2.28. The molecular weight excluding hydrogens is 320 g/mol. The molecule has 1 saturated carbocycles. The molecule has 1 aliphatic carbocycles. The largest absolute Gasteiger partial charge is 0.352 e. The summed E-state index contributed by atoms with van der Waals surface area (Å²) in [5.74, 6) is 0.871. The minimum Gasteiger partial charge on any atom is -0.352 e. The van der Waals surface area contributed by atoms with Crippen LogP contribution in [0.3, 0.4) is 0 Å². The van der Waals surface area contributed by atoms with Gasteiger partial charge in [-0.1, -0.05) is 48.5 Å². The van der Waals surface area contributed by atoms with E-state index in [1.165, 1.54) is 10.9 Å². The maximum Gasteiger partial charge on any atom is 0.223 e. The minimum absolute atomic E-state index is 0.142. The third kappa shape index (κ3) is 3.62. The summed E-state index contributed by atoms with van der Waals surface area (Å²) in [6, 6.07) is 20.6. The number of carbonyl (C=O) groups excluding carboxylic acids is 1. The van der Waals surface area contributed by atoms with Crippen LogP contribution in [-0.4, -0.2) is 10.9 Å². The van der Waals surface area contributed by atoms with E-state index in [4.69, 9.17) is 0 Å². The third-order valence-corrected chi connectivity index (χ3v) is 5.53. The Balaban J connectivity index is 1.37. The Bertz CT molecular complexity index is 878. The van der Waals surface area contributed by atoms with Crippen LogP contribution in [0.25, 0.3) is 10.9 Å². The summed E-state index contributed by atoms with van der Waals surface area (Å²) in [6.45, 7) is 0.620. The van der Waals surface area contributed by atoms with E-state index in [0.29, 0.717) is 12.5 Å². The number of nitrogens with zero attached hydrogens (tertiary/aromatic N) is 1. The van der Waals surface area contributed by atoms with Gasteiger partial charge in [0.05, 0.1) is 5.52 Å². The first kappa shape index (κ1) is 16.8. The Morgan fingerprint density at radius 3 is 2.46 bits per heavy atom. The molecule has 3 nitrogen and oxygen atoms in total. The monoisotopic (exact) mass is 344 g/mol. The van der Waals surface area contributed by atoms with Crippen molar-refractivity contribution < 1.29 is 4.79 Å². The molecule has 0 atom stereocenters. The molecule has 132 valence electrons. The lowest BCUT2D eigenvalue weighted by atomic mass is 9.77. The van der Waals surface area contributed by atoms with Gasteiger partial charge in [-0.05, 0) is 54.9 Å². The number of amides is 1. The van der Waals surface area contributed by atoms with Crippen molar-refractivity contribution in [2.75, 3.05) is 0 Å². The Labute approximate surface area is 154 Å². The molecule has 3 heteroatoms. The second kappa shape index (κ2) is 7.69. The number of rotatable bonds is 4. The van der Waals surface area contributed by atoms with Gasteiger partial charge in [0, 0.05) is 24.0 Å². The van der Waals surface area contributed by atoms with E-state index in [1.54, 1.807) is 0 Å². The number of fused-ring (bicyclic) bond motifs is 1. The van der Waals surface area contributed by atoms with Gasteiger partial charge in [-0.3, -0.25) is 9.78 Å². The Hall–Kier alpha value is -2.68. The lowest BCUT2D eigenvalue weighted by Crippen LogP contribution is -2.32. The minimum atomic E-state index is 0.142. The van der Waals surface area contributed by atoms with Crippen LogP contribution in [0.5, 0.6) is 0 Å². The highest BCUT2D eigenvalue weighted by atomic mass is 16.1. The number of para-hydroxylation sites is 1. The van der Waals surface area contributed by atoms with Crippen molar-refractivity contribution in [3.05, 3.63) is 78.0 Å². The second-order valence-electron chi connectivity index (χ2n) is 7.17. The van der Waals surface area contributed by atoms with E-state index in [1.807, 2.05) is 42.6 Å². The van der Waals surface area contributed by atoms with Crippen molar-refractivity contribution in [1.29, 1.82) is 0 Å². The van der Waals surface area contributed by atoms with Gasteiger partial charge in [0.25, 0.3) is 0 Å².